The Morgan fingerprint density at radius 2 is 2.00 bits per heavy atom. The number of aromatic nitrogens is 2. The van der Waals surface area contributed by atoms with Crippen molar-refractivity contribution in [2.45, 2.75) is 26.9 Å². The number of rotatable bonds is 4. The fourth-order valence-corrected chi connectivity index (χ4v) is 3.11. The summed E-state index contributed by atoms with van der Waals surface area (Å²) in [4.78, 5) is 10.1. The molecular weight excluding hydrogens is 266 g/mol. The Morgan fingerprint density at radius 3 is 2.80 bits per heavy atom. The second-order valence-electron chi connectivity index (χ2n) is 4.89. The molecule has 20 heavy (non-hydrogen) atoms. The first-order chi connectivity index (χ1) is 9.72. The number of pyridine rings is 1. The number of nitrogens with zero attached hydrogens (tertiary/aromatic N) is 2. The minimum Gasteiger partial charge on any atom is -0.308 e. The molecular formula is C16H17N3S. The van der Waals surface area contributed by atoms with Crippen LogP contribution in [0.5, 0.6) is 0 Å². The summed E-state index contributed by atoms with van der Waals surface area (Å²) in [7, 11) is 0. The molecule has 4 heteroatoms. The lowest BCUT2D eigenvalue weighted by molar-refractivity contribution is 0.702. The molecule has 0 atom stereocenters. The third-order valence-corrected chi connectivity index (χ3v) is 4.13. The number of fused-ring (bicyclic) bond motifs is 1. The summed E-state index contributed by atoms with van der Waals surface area (Å²) in [6.45, 7) is 5.79. The van der Waals surface area contributed by atoms with Crippen LogP contribution in [0.3, 0.4) is 0 Å². The third kappa shape index (κ3) is 2.86. The standard InChI is InChI=1S/C16H17N3S/c1-11-7-13(15-5-3-4-6-16(15)19-11)8-17-9-14-10-18-12(2)20-14/h3-7,10,17H,8-9H2,1-2H3. The molecule has 0 aliphatic rings. The van der Waals surface area contributed by atoms with Gasteiger partial charge in [0.2, 0.25) is 0 Å². The molecule has 2 heterocycles. The number of para-hydroxylation sites is 1. The maximum absolute atomic E-state index is 4.57. The van der Waals surface area contributed by atoms with Crippen molar-refractivity contribution in [1.29, 1.82) is 0 Å². The van der Waals surface area contributed by atoms with E-state index in [1.807, 2.05) is 26.1 Å². The molecule has 3 rings (SSSR count). The number of aryl methyl sites for hydroxylation is 2. The molecule has 0 fully saturated rings. The van der Waals surface area contributed by atoms with E-state index in [4.69, 9.17) is 0 Å². The van der Waals surface area contributed by atoms with E-state index >= 15 is 0 Å². The molecule has 1 aromatic carbocycles. The van der Waals surface area contributed by atoms with Crippen LogP contribution in [-0.2, 0) is 13.1 Å². The van der Waals surface area contributed by atoms with Crippen molar-refractivity contribution in [1.82, 2.24) is 15.3 Å². The number of benzene rings is 1. The predicted molar refractivity (Wildman–Crippen MR) is 83.9 cm³/mol. The van der Waals surface area contributed by atoms with Crippen LogP contribution in [0, 0.1) is 13.8 Å². The quantitative estimate of drug-likeness (QED) is 0.795. The number of nitrogens with one attached hydrogen (secondary N) is 1. The van der Waals surface area contributed by atoms with Gasteiger partial charge >= 0.3 is 0 Å². The lowest BCUT2D eigenvalue weighted by atomic mass is 10.1. The van der Waals surface area contributed by atoms with Gasteiger partial charge in [-0.1, -0.05) is 18.2 Å². The maximum atomic E-state index is 4.57. The van der Waals surface area contributed by atoms with Crippen molar-refractivity contribution in [2.75, 3.05) is 0 Å². The molecule has 2 aromatic heterocycles. The van der Waals surface area contributed by atoms with Crippen LogP contribution in [-0.4, -0.2) is 9.97 Å². The van der Waals surface area contributed by atoms with Crippen molar-refractivity contribution in [3.63, 3.8) is 0 Å². The van der Waals surface area contributed by atoms with Gasteiger partial charge in [0, 0.05) is 35.2 Å². The lowest BCUT2D eigenvalue weighted by Gasteiger charge is -2.08. The average molecular weight is 283 g/mol. The summed E-state index contributed by atoms with van der Waals surface area (Å²) in [6.07, 6.45) is 1.95. The fraction of sp³-hybridized carbons (Fsp3) is 0.250. The summed E-state index contributed by atoms with van der Waals surface area (Å²) in [5.74, 6) is 0. The highest BCUT2D eigenvalue weighted by Crippen LogP contribution is 2.18. The predicted octanol–water partition coefficient (Wildman–Crippen LogP) is 3.60. The van der Waals surface area contributed by atoms with Gasteiger partial charge in [0.15, 0.2) is 0 Å². The Hall–Kier alpha value is -1.78. The van der Waals surface area contributed by atoms with Gasteiger partial charge in [-0.2, -0.15) is 0 Å². The molecule has 0 radical (unpaired) electrons. The molecule has 102 valence electrons. The maximum Gasteiger partial charge on any atom is 0.0897 e. The molecule has 0 saturated heterocycles. The minimum atomic E-state index is 0.848. The Balaban J connectivity index is 1.77. The van der Waals surface area contributed by atoms with Gasteiger partial charge in [-0.3, -0.25) is 4.98 Å². The second kappa shape index (κ2) is 5.69. The first kappa shape index (κ1) is 13.2. The zero-order valence-corrected chi connectivity index (χ0v) is 12.5. The summed E-state index contributed by atoms with van der Waals surface area (Å²) in [5, 5.41) is 5.84. The van der Waals surface area contributed by atoms with Gasteiger partial charge in [0.25, 0.3) is 0 Å². The van der Waals surface area contributed by atoms with E-state index in [-0.39, 0.29) is 0 Å². The third-order valence-electron chi connectivity index (χ3n) is 3.21. The molecule has 0 amide bonds. The molecule has 0 saturated carbocycles. The highest BCUT2D eigenvalue weighted by molar-refractivity contribution is 7.11. The van der Waals surface area contributed by atoms with Gasteiger partial charge in [-0.05, 0) is 31.5 Å². The zero-order valence-electron chi connectivity index (χ0n) is 11.7. The average Bonchev–Trinajstić information content (AvgIpc) is 2.84. The van der Waals surface area contributed by atoms with Crippen molar-refractivity contribution < 1.29 is 0 Å². The molecule has 0 aliphatic heterocycles. The Bertz CT molecular complexity index is 733. The van der Waals surface area contributed by atoms with Crippen LogP contribution in [0.2, 0.25) is 0 Å². The Labute approximate surface area is 122 Å². The largest absolute Gasteiger partial charge is 0.308 e. The van der Waals surface area contributed by atoms with Gasteiger partial charge in [0.05, 0.1) is 10.5 Å². The monoisotopic (exact) mass is 283 g/mol. The van der Waals surface area contributed by atoms with Gasteiger partial charge in [-0.15, -0.1) is 11.3 Å². The van der Waals surface area contributed by atoms with Crippen LogP contribution >= 0.6 is 11.3 Å². The van der Waals surface area contributed by atoms with E-state index in [0.717, 1.165) is 29.3 Å². The molecule has 3 nitrogen and oxygen atoms in total. The summed E-state index contributed by atoms with van der Waals surface area (Å²) in [5.41, 5.74) is 3.43. The summed E-state index contributed by atoms with van der Waals surface area (Å²) >= 11 is 1.74. The highest BCUT2D eigenvalue weighted by atomic mass is 32.1. The van der Waals surface area contributed by atoms with E-state index in [2.05, 4.69) is 39.6 Å². The molecule has 0 bridgehead atoms. The summed E-state index contributed by atoms with van der Waals surface area (Å²) in [6, 6.07) is 10.5. The van der Waals surface area contributed by atoms with E-state index in [9.17, 15) is 0 Å². The van der Waals surface area contributed by atoms with E-state index in [0.29, 0.717) is 0 Å². The van der Waals surface area contributed by atoms with Crippen molar-refractivity contribution >= 4 is 22.2 Å². The smallest absolute Gasteiger partial charge is 0.0897 e. The first-order valence-electron chi connectivity index (χ1n) is 6.69. The zero-order chi connectivity index (χ0) is 13.9. The first-order valence-corrected chi connectivity index (χ1v) is 7.51. The SMILES string of the molecule is Cc1cc(CNCc2cnc(C)s2)c2ccccc2n1. The fourth-order valence-electron chi connectivity index (χ4n) is 2.35. The van der Waals surface area contributed by atoms with Crippen LogP contribution < -0.4 is 5.32 Å². The molecule has 3 aromatic rings. The molecule has 0 spiro atoms. The van der Waals surface area contributed by atoms with Crippen LogP contribution in [0.15, 0.2) is 36.5 Å². The van der Waals surface area contributed by atoms with E-state index in [1.54, 1.807) is 11.3 Å². The number of hydrogen-bond acceptors (Lipinski definition) is 4. The van der Waals surface area contributed by atoms with E-state index < -0.39 is 0 Å². The number of hydrogen-bond donors (Lipinski definition) is 1. The topological polar surface area (TPSA) is 37.8 Å². The van der Waals surface area contributed by atoms with Gasteiger partial charge in [0.1, 0.15) is 0 Å². The van der Waals surface area contributed by atoms with Crippen molar-refractivity contribution in [3.8, 4) is 0 Å². The van der Waals surface area contributed by atoms with Crippen LogP contribution in [0.25, 0.3) is 10.9 Å². The second-order valence-corrected chi connectivity index (χ2v) is 6.21. The van der Waals surface area contributed by atoms with Crippen molar-refractivity contribution in [2.24, 2.45) is 0 Å². The number of thiazole rings is 1. The van der Waals surface area contributed by atoms with Crippen molar-refractivity contribution in [3.05, 3.63) is 57.7 Å². The molecule has 1 N–H and O–H groups in total. The Morgan fingerprint density at radius 1 is 1.15 bits per heavy atom. The van der Waals surface area contributed by atoms with Gasteiger partial charge < -0.3 is 5.32 Å². The Kier molecular flexibility index (Phi) is 3.76. The molecule has 0 aliphatic carbocycles. The lowest BCUT2D eigenvalue weighted by Crippen LogP contribution is -2.12. The normalized spacial score (nSPS) is 11.1. The van der Waals surface area contributed by atoms with Crippen LogP contribution in [0.1, 0.15) is 21.1 Å². The molecule has 0 unspecified atom stereocenters. The van der Waals surface area contributed by atoms with Crippen LogP contribution in [0.4, 0.5) is 0 Å². The minimum absolute atomic E-state index is 0.848. The van der Waals surface area contributed by atoms with Gasteiger partial charge in [-0.25, -0.2) is 4.98 Å². The highest BCUT2D eigenvalue weighted by Gasteiger charge is 2.04. The summed E-state index contributed by atoms with van der Waals surface area (Å²) < 4.78 is 0. The van der Waals surface area contributed by atoms with E-state index in [1.165, 1.54) is 15.8 Å².